The molecule has 0 aliphatic carbocycles. The maximum absolute atomic E-state index is 12.4. The highest BCUT2D eigenvalue weighted by Crippen LogP contribution is 2.27. The molecule has 0 spiro atoms. The van der Waals surface area contributed by atoms with Crippen LogP contribution in [0.4, 0.5) is 8.78 Å². The van der Waals surface area contributed by atoms with E-state index in [2.05, 4.69) is 4.74 Å². The van der Waals surface area contributed by atoms with Gasteiger partial charge in [-0.05, 0) is 31.4 Å². The Morgan fingerprint density at radius 3 is 2.86 bits per heavy atom. The van der Waals surface area contributed by atoms with Gasteiger partial charge >= 0.3 is 6.61 Å². The molecule has 1 aliphatic heterocycles. The second-order valence-electron chi connectivity index (χ2n) is 5.28. The SMILES string of the molecule is CC(=CC(=O)N1CCCC(O)C1)c1ccccc1OC(F)F. The third kappa shape index (κ3) is 4.27. The van der Waals surface area contributed by atoms with E-state index in [0.29, 0.717) is 30.6 Å². The van der Waals surface area contributed by atoms with E-state index in [1.807, 2.05) is 0 Å². The fourth-order valence-corrected chi connectivity index (χ4v) is 2.50. The van der Waals surface area contributed by atoms with Crippen LogP contribution in [0.2, 0.25) is 0 Å². The number of ether oxygens (including phenoxy) is 1. The van der Waals surface area contributed by atoms with Gasteiger partial charge in [0.25, 0.3) is 0 Å². The summed E-state index contributed by atoms with van der Waals surface area (Å²) in [5.74, 6) is -0.194. The van der Waals surface area contributed by atoms with Crippen molar-refractivity contribution in [3.8, 4) is 5.75 Å². The van der Waals surface area contributed by atoms with Crippen LogP contribution < -0.4 is 4.74 Å². The van der Waals surface area contributed by atoms with Crippen LogP contribution in [0.25, 0.3) is 5.57 Å². The number of hydrogen-bond acceptors (Lipinski definition) is 3. The molecule has 4 nitrogen and oxygen atoms in total. The third-order valence-corrected chi connectivity index (χ3v) is 3.58. The molecule has 1 heterocycles. The Balaban J connectivity index is 2.16. The lowest BCUT2D eigenvalue weighted by molar-refractivity contribution is -0.128. The molecule has 6 heteroatoms. The number of aliphatic hydroxyl groups is 1. The average molecular weight is 311 g/mol. The van der Waals surface area contributed by atoms with Gasteiger partial charge in [0.2, 0.25) is 5.91 Å². The quantitative estimate of drug-likeness (QED) is 0.870. The highest BCUT2D eigenvalue weighted by atomic mass is 19.3. The molecular formula is C16H19F2NO3. The highest BCUT2D eigenvalue weighted by Gasteiger charge is 2.21. The van der Waals surface area contributed by atoms with Crippen molar-refractivity contribution in [2.75, 3.05) is 13.1 Å². The first kappa shape index (κ1) is 16.4. The number of allylic oxidation sites excluding steroid dienone is 1. The van der Waals surface area contributed by atoms with Crippen LogP contribution in [0.1, 0.15) is 25.3 Å². The Morgan fingerprint density at radius 1 is 1.45 bits per heavy atom. The van der Waals surface area contributed by atoms with Gasteiger partial charge in [0.1, 0.15) is 5.75 Å². The molecule has 2 rings (SSSR count). The number of hydrogen-bond donors (Lipinski definition) is 1. The summed E-state index contributed by atoms with van der Waals surface area (Å²) in [6.45, 7) is -0.347. The Morgan fingerprint density at radius 2 is 2.18 bits per heavy atom. The summed E-state index contributed by atoms with van der Waals surface area (Å²) in [5.41, 5.74) is 0.995. The molecule has 1 fully saturated rings. The predicted molar refractivity (Wildman–Crippen MR) is 78.5 cm³/mol. The van der Waals surface area contributed by atoms with Crippen molar-refractivity contribution in [2.45, 2.75) is 32.5 Å². The van der Waals surface area contributed by atoms with Crippen LogP contribution >= 0.6 is 0 Å². The molecule has 1 N–H and O–H groups in total. The van der Waals surface area contributed by atoms with E-state index in [4.69, 9.17) is 0 Å². The van der Waals surface area contributed by atoms with Crippen molar-refractivity contribution < 1.29 is 23.4 Å². The van der Waals surface area contributed by atoms with E-state index < -0.39 is 12.7 Å². The first-order valence-corrected chi connectivity index (χ1v) is 7.17. The predicted octanol–water partition coefficient (Wildman–Crippen LogP) is 2.67. The van der Waals surface area contributed by atoms with Crippen LogP contribution in [-0.4, -0.2) is 41.7 Å². The number of β-amino-alcohol motifs (C(OH)–C–C–N with tert-alkyl or cyclic N) is 1. The van der Waals surface area contributed by atoms with Crippen molar-refractivity contribution in [1.29, 1.82) is 0 Å². The summed E-state index contributed by atoms with van der Waals surface area (Å²) in [6.07, 6.45) is 2.34. The Kier molecular flexibility index (Phi) is 5.49. The summed E-state index contributed by atoms with van der Waals surface area (Å²) in [4.78, 5) is 13.8. The number of halogens is 2. The molecule has 1 unspecified atom stereocenters. The van der Waals surface area contributed by atoms with Crippen molar-refractivity contribution in [3.63, 3.8) is 0 Å². The molecule has 0 bridgehead atoms. The Hall–Kier alpha value is -1.95. The lowest BCUT2D eigenvalue weighted by atomic mass is 10.0. The number of rotatable bonds is 4. The van der Waals surface area contributed by atoms with Crippen molar-refractivity contribution >= 4 is 11.5 Å². The smallest absolute Gasteiger partial charge is 0.387 e. The largest absolute Gasteiger partial charge is 0.434 e. The molecular weight excluding hydrogens is 292 g/mol. The summed E-state index contributed by atoms with van der Waals surface area (Å²) >= 11 is 0. The first-order chi connectivity index (χ1) is 10.5. The average Bonchev–Trinajstić information content (AvgIpc) is 2.47. The number of nitrogens with zero attached hydrogens (tertiary/aromatic N) is 1. The number of piperidine rings is 1. The first-order valence-electron chi connectivity index (χ1n) is 7.17. The second-order valence-corrected chi connectivity index (χ2v) is 5.28. The number of carbonyl (C=O) groups is 1. The minimum Gasteiger partial charge on any atom is -0.434 e. The zero-order valence-electron chi connectivity index (χ0n) is 12.3. The summed E-state index contributed by atoms with van der Waals surface area (Å²) in [6, 6.07) is 6.35. The van der Waals surface area contributed by atoms with Crippen molar-refractivity contribution in [3.05, 3.63) is 35.9 Å². The zero-order chi connectivity index (χ0) is 16.1. The molecule has 1 aliphatic rings. The number of aliphatic hydroxyl groups excluding tert-OH is 1. The Labute approximate surface area is 128 Å². The Bertz CT molecular complexity index is 560. The fraction of sp³-hybridized carbons (Fsp3) is 0.438. The lowest BCUT2D eigenvalue weighted by Crippen LogP contribution is -2.41. The molecule has 0 saturated carbocycles. The van der Waals surface area contributed by atoms with Crippen LogP contribution in [0, 0.1) is 0 Å². The standard InChI is InChI=1S/C16H19F2NO3/c1-11(9-15(21)19-8-4-5-12(20)10-19)13-6-2-3-7-14(13)22-16(17)18/h2-3,6-7,9,12,16,20H,4-5,8,10H2,1H3. The van der Waals surface area contributed by atoms with Gasteiger partial charge in [0.15, 0.2) is 0 Å². The van der Waals surface area contributed by atoms with Gasteiger partial charge in [-0.1, -0.05) is 18.2 Å². The van der Waals surface area contributed by atoms with Crippen LogP contribution in [0.3, 0.4) is 0 Å². The van der Waals surface area contributed by atoms with E-state index in [1.165, 1.54) is 12.1 Å². The van der Waals surface area contributed by atoms with Gasteiger partial charge < -0.3 is 14.7 Å². The van der Waals surface area contributed by atoms with E-state index >= 15 is 0 Å². The molecule has 0 aromatic heterocycles. The minimum atomic E-state index is -2.91. The summed E-state index contributed by atoms with van der Waals surface area (Å²) in [7, 11) is 0. The van der Waals surface area contributed by atoms with E-state index in [-0.39, 0.29) is 11.7 Å². The summed E-state index contributed by atoms with van der Waals surface area (Å²) < 4.78 is 29.3. The van der Waals surface area contributed by atoms with Crippen molar-refractivity contribution in [1.82, 2.24) is 4.90 Å². The van der Waals surface area contributed by atoms with Gasteiger partial charge in [-0.15, -0.1) is 0 Å². The number of carbonyl (C=O) groups excluding carboxylic acids is 1. The zero-order valence-corrected chi connectivity index (χ0v) is 12.3. The number of alkyl halides is 2. The maximum atomic E-state index is 12.4. The summed E-state index contributed by atoms with van der Waals surface area (Å²) in [5, 5.41) is 9.60. The van der Waals surface area contributed by atoms with E-state index in [9.17, 15) is 18.7 Å². The molecule has 1 amide bonds. The van der Waals surface area contributed by atoms with Crippen LogP contribution in [0.15, 0.2) is 30.3 Å². The van der Waals surface area contributed by atoms with E-state index in [0.717, 1.165) is 6.42 Å². The second kappa shape index (κ2) is 7.35. The molecule has 1 aromatic carbocycles. The van der Waals surface area contributed by atoms with Gasteiger partial charge in [-0.25, -0.2) is 0 Å². The minimum absolute atomic E-state index is 0.0396. The monoisotopic (exact) mass is 311 g/mol. The van der Waals surface area contributed by atoms with Crippen LogP contribution in [-0.2, 0) is 4.79 Å². The van der Waals surface area contributed by atoms with Crippen molar-refractivity contribution in [2.24, 2.45) is 0 Å². The number of likely N-dealkylation sites (tertiary alicyclic amines) is 1. The normalized spacial score (nSPS) is 19.4. The van der Waals surface area contributed by atoms with Gasteiger partial charge in [0.05, 0.1) is 6.10 Å². The number of amides is 1. The van der Waals surface area contributed by atoms with Gasteiger partial charge in [0, 0.05) is 24.7 Å². The fourth-order valence-electron chi connectivity index (χ4n) is 2.50. The molecule has 1 saturated heterocycles. The molecule has 120 valence electrons. The number of benzene rings is 1. The third-order valence-electron chi connectivity index (χ3n) is 3.58. The van der Waals surface area contributed by atoms with Gasteiger partial charge in [-0.2, -0.15) is 8.78 Å². The topological polar surface area (TPSA) is 49.8 Å². The molecule has 22 heavy (non-hydrogen) atoms. The highest BCUT2D eigenvalue weighted by molar-refractivity contribution is 5.95. The maximum Gasteiger partial charge on any atom is 0.387 e. The molecule has 1 aromatic rings. The number of para-hydroxylation sites is 1. The van der Waals surface area contributed by atoms with E-state index in [1.54, 1.807) is 30.0 Å². The van der Waals surface area contributed by atoms with Crippen LogP contribution in [0.5, 0.6) is 5.75 Å². The molecule has 0 radical (unpaired) electrons. The lowest BCUT2D eigenvalue weighted by Gasteiger charge is -2.29. The van der Waals surface area contributed by atoms with Gasteiger partial charge in [-0.3, -0.25) is 4.79 Å². The molecule has 1 atom stereocenters.